The first-order chi connectivity index (χ1) is 9.71. The van der Waals surface area contributed by atoms with Crippen LogP contribution in [0.25, 0.3) is 0 Å². The molecule has 100 valence electrons. The highest BCUT2D eigenvalue weighted by Crippen LogP contribution is 2.14. The molecule has 2 aromatic carbocycles. The Labute approximate surface area is 118 Å². The zero-order valence-electron chi connectivity index (χ0n) is 11.2. The molecular weight excluding hydrogens is 250 g/mol. The molecule has 2 aromatic rings. The third-order valence-electron chi connectivity index (χ3n) is 2.81. The molecule has 0 aliphatic carbocycles. The van der Waals surface area contributed by atoms with Crippen LogP contribution in [-0.2, 0) is 11.2 Å². The van der Waals surface area contributed by atoms with Crippen molar-refractivity contribution in [2.45, 2.75) is 6.42 Å². The fraction of sp³-hybridized carbons (Fsp3) is 0.118. The van der Waals surface area contributed by atoms with E-state index in [4.69, 9.17) is 11.2 Å². The fourth-order valence-electron chi connectivity index (χ4n) is 1.86. The highest BCUT2D eigenvalue weighted by molar-refractivity contribution is 5.92. The number of carbonyl (C=O) groups is 1. The minimum Gasteiger partial charge on any atom is -0.497 e. The van der Waals surface area contributed by atoms with Crippen LogP contribution in [0.1, 0.15) is 11.1 Å². The van der Waals surface area contributed by atoms with E-state index in [0.717, 1.165) is 16.9 Å². The van der Waals surface area contributed by atoms with E-state index in [9.17, 15) is 4.79 Å². The van der Waals surface area contributed by atoms with Crippen molar-refractivity contribution >= 4 is 11.6 Å². The zero-order chi connectivity index (χ0) is 14.4. The number of hydrogen-bond acceptors (Lipinski definition) is 2. The van der Waals surface area contributed by atoms with Crippen LogP contribution in [-0.4, -0.2) is 13.0 Å². The van der Waals surface area contributed by atoms with E-state index in [1.807, 2.05) is 42.5 Å². The summed E-state index contributed by atoms with van der Waals surface area (Å²) in [5, 5.41) is 2.83. The second-order valence-electron chi connectivity index (χ2n) is 4.30. The Balaban J connectivity index is 2.03. The number of anilines is 1. The molecule has 0 aliphatic rings. The molecule has 2 rings (SSSR count). The summed E-state index contributed by atoms with van der Waals surface area (Å²) in [6, 6.07) is 14.7. The molecule has 0 unspecified atom stereocenters. The normalized spacial score (nSPS) is 9.60. The van der Waals surface area contributed by atoms with Crippen molar-refractivity contribution in [3.05, 3.63) is 59.7 Å². The van der Waals surface area contributed by atoms with Gasteiger partial charge >= 0.3 is 0 Å². The van der Waals surface area contributed by atoms with Gasteiger partial charge in [0.15, 0.2) is 0 Å². The largest absolute Gasteiger partial charge is 0.497 e. The molecule has 0 aromatic heterocycles. The Kier molecular flexibility index (Phi) is 4.41. The van der Waals surface area contributed by atoms with Crippen LogP contribution in [0, 0.1) is 12.3 Å². The van der Waals surface area contributed by atoms with Crippen molar-refractivity contribution in [1.82, 2.24) is 0 Å². The SMILES string of the molecule is C#Cc1cccc(NC(=O)Cc2cccc(OC)c2)c1. The maximum Gasteiger partial charge on any atom is 0.228 e. The molecular formula is C17H15NO2. The number of methoxy groups -OCH3 is 1. The van der Waals surface area contributed by atoms with Gasteiger partial charge in [-0.05, 0) is 35.9 Å². The first-order valence-electron chi connectivity index (χ1n) is 6.21. The van der Waals surface area contributed by atoms with E-state index in [2.05, 4.69) is 11.2 Å². The molecule has 1 amide bonds. The maximum absolute atomic E-state index is 12.0. The Morgan fingerprint density at radius 2 is 2.05 bits per heavy atom. The summed E-state index contributed by atoms with van der Waals surface area (Å²) < 4.78 is 5.13. The minimum atomic E-state index is -0.0903. The van der Waals surface area contributed by atoms with Gasteiger partial charge in [0.25, 0.3) is 0 Å². The van der Waals surface area contributed by atoms with Crippen molar-refractivity contribution in [2.75, 3.05) is 12.4 Å². The topological polar surface area (TPSA) is 38.3 Å². The smallest absolute Gasteiger partial charge is 0.228 e. The molecule has 0 bridgehead atoms. The monoisotopic (exact) mass is 265 g/mol. The average Bonchev–Trinajstić information content (AvgIpc) is 2.47. The lowest BCUT2D eigenvalue weighted by molar-refractivity contribution is -0.115. The van der Waals surface area contributed by atoms with Gasteiger partial charge in [0.05, 0.1) is 13.5 Å². The van der Waals surface area contributed by atoms with Gasteiger partial charge in [-0.3, -0.25) is 4.79 Å². The number of hydrogen-bond donors (Lipinski definition) is 1. The van der Waals surface area contributed by atoms with Crippen LogP contribution < -0.4 is 10.1 Å². The summed E-state index contributed by atoms with van der Waals surface area (Å²) in [7, 11) is 1.60. The number of nitrogens with one attached hydrogen (secondary N) is 1. The number of benzene rings is 2. The fourth-order valence-corrected chi connectivity index (χ4v) is 1.86. The lowest BCUT2D eigenvalue weighted by atomic mass is 10.1. The quantitative estimate of drug-likeness (QED) is 0.863. The lowest BCUT2D eigenvalue weighted by Crippen LogP contribution is -2.14. The summed E-state index contributed by atoms with van der Waals surface area (Å²) in [5.41, 5.74) is 2.34. The van der Waals surface area contributed by atoms with E-state index < -0.39 is 0 Å². The zero-order valence-corrected chi connectivity index (χ0v) is 11.2. The van der Waals surface area contributed by atoms with Crippen molar-refractivity contribution in [3.8, 4) is 18.1 Å². The molecule has 3 heteroatoms. The van der Waals surface area contributed by atoms with Crippen LogP contribution in [0.4, 0.5) is 5.69 Å². The summed E-state index contributed by atoms with van der Waals surface area (Å²) in [6.45, 7) is 0. The van der Waals surface area contributed by atoms with Crippen molar-refractivity contribution in [2.24, 2.45) is 0 Å². The Bertz CT molecular complexity index is 656. The summed E-state index contributed by atoms with van der Waals surface area (Å²) in [4.78, 5) is 12.0. The predicted molar refractivity (Wildman–Crippen MR) is 79.7 cm³/mol. The summed E-state index contributed by atoms with van der Waals surface area (Å²) in [6.07, 6.45) is 5.62. The Hall–Kier alpha value is -2.73. The van der Waals surface area contributed by atoms with Crippen molar-refractivity contribution < 1.29 is 9.53 Å². The van der Waals surface area contributed by atoms with E-state index in [1.54, 1.807) is 13.2 Å². The van der Waals surface area contributed by atoms with E-state index >= 15 is 0 Å². The van der Waals surface area contributed by atoms with Gasteiger partial charge in [-0.2, -0.15) is 0 Å². The molecule has 0 aliphatic heterocycles. The highest BCUT2D eigenvalue weighted by Gasteiger charge is 2.05. The lowest BCUT2D eigenvalue weighted by Gasteiger charge is -2.07. The molecule has 0 radical (unpaired) electrons. The van der Waals surface area contributed by atoms with E-state index in [0.29, 0.717) is 5.69 Å². The van der Waals surface area contributed by atoms with Gasteiger partial charge in [-0.25, -0.2) is 0 Å². The highest BCUT2D eigenvalue weighted by atomic mass is 16.5. The number of terminal acetylenes is 1. The van der Waals surface area contributed by atoms with Crippen LogP contribution in [0.5, 0.6) is 5.75 Å². The van der Waals surface area contributed by atoms with Gasteiger partial charge in [0.2, 0.25) is 5.91 Å². The molecule has 0 fully saturated rings. The number of ether oxygens (including phenoxy) is 1. The van der Waals surface area contributed by atoms with Crippen LogP contribution in [0.3, 0.4) is 0 Å². The van der Waals surface area contributed by atoms with Gasteiger partial charge in [-0.15, -0.1) is 6.42 Å². The van der Waals surface area contributed by atoms with Gasteiger partial charge in [0, 0.05) is 11.3 Å². The second-order valence-corrected chi connectivity index (χ2v) is 4.30. The standard InChI is InChI=1S/C17H15NO2/c1-3-13-6-4-8-15(10-13)18-17(19)12-14-7-5-9-16(11-14)20-2/h1,4-11H,12H2,2H3,(H,18,19). The summed E-state index contributed by atoms with van der Waals surface area (Å²) in [5.74, 6) is 3.19. The molecule has 0 atom stereocenters. The summed E-state index contributed by atoms with van der Waals surface area (Å²) >= 11 is 0. The maximum atomic E-state index is 12.0. The predicted octanol–water partition coefficient (Wildman–Crippen LogP) is 2.86. The molecule has 0 spiro atoms. The van der Waals surface area contributed by atoms with Gasteiger partial charge in [0.1, 0.15) is 5.75 Å². The molecule has 20 heavy (non-hydrogen) atoms. The Morgan fingerprint density at radius 1 is 1.25 bits per heavy atom. The third kappa shape index (κ3) is 3.63. The Morgan fingerprint density at radius 3 is 2.80 bits per heavy atom. The number of rotatable bonds is 4. The molecule has 0 saturated carbocycles. The molecule has 3 nitrogen and oxygen atoms in total. The average molecular weight is 265 g/mol. The number of carbonyl (C=O) groups excluding carboxylic acids is 1. The number of amides is 1. The molecule has 0 heterocycles. The molecule has 1 N–H and O–H groups in total. The molecule has 0 saturated heterocycles. The van der Waals surface area contributed by atoms with Gasteiger partial charge in [-0.1, -0.05) is 24.1 Å². The van der Waals surface area contributed by atoms with Crippen LogP contribution in [0.15, 0.2) is 48.5 Å². The second kappa shape index (κ2) is 6.44. The van der Waals surface area contributed by atoms with Crippen molar-refractivity contribution in [3.63, 3.8) is 0 Å². The van der Waals surface area contributed by atoms with Crippen LogP contribution >= 0.6 is 0 Å². The van der Waals surface area contributed by atoms with Crippen molar-refractivity contribution in [1.29, 1.82) is 0 Å². The van der Waals surface area contributed by atoms with E-state index in [1.165, 1.54) is 0 Å². The first-order valence-corrected chi connectivity index (χ1v) is 6.21. The first kappa shape index (κ1) is 13.7. The minimum absolute atomic E-state index is 0.0903. The third-order valence-corrected chi connectivity index (χ3v) is 2.81. The van der Waals surface area contributed by atoms with Gasteiger partial charge < -0.3 is 10.1 Å². The van der Waals surface area contributed by atoms with E-state index in [-0.39, 0.29) is 12.3 Å². The van der Waals surface area contributed by atoms with Crippen LogP contribution in [0.2, 0.25) is 0 Å².